The average molecular weight is 270 g/mol. The van der Waals surface area contributed by atoms with E-state index in [9.17, 15) is 0 Å². The van der Waals surface area contributed by atoms with Crippen LogP contribution in [0.5, 0.6) is 0 Å². The van der Waals surface area contributed by atoms with Crippen molar-refractivity contribution >= 4 is 22.7 Å². The molecule has 4 heteroatoms. The zero-order valence-electron chi connectivity index (χ0n) is 11.8. The normalized spacial score (nSPS) is 10.2. The molecule has 0 aliphatic heterocycles. The van der Waals surface area contributed by atoms with Crippen LogP contribution in [-0.2, 0) is 0 Å². The lowest BCUT2D eigenvalue weighted by Gasteiger charge is -2.19. The fraction of sp³-hybridized carbons (Fsp3) is 0.250. The van der Waals surface area contributed by atoms with E-state index in [1.807, 2.05) is 24.3 Å². The summed E-state index contributed by atoms with van der Waals surface area (Å²) in [6, 6.07) is 16.0. The smallest absolute Gasteiger partial charge is 0.0568 e. The Kier molecular flexibility index (Phi) is 4.71. The second kappa shape index (κ2) is 6.70. The van der Waals surface area contributed by atoms with Crippen molar-refractivity contribution in [2.75, 3.05) is 41.8 Å². The van der Waals surface area contributed by atoms with Gasteiger partial charge >= 0.3 is 0 Å². The lowest BCUT2D eigenvalue weighted by molar-refractivity contribution is 0.816. The summed E-state index contributed by atoms with van der Waals surface area (Å²) < 4.78 is 0. The van der Waals surface area contributed by atoms with Crippen LogP contribution in [0.15, 0.2) is 48.5 Å². The van der Waals surface area contributed by atoms with Crippen molar-refractivity contribution in [2.24, 2.45) is 0 Å². The van der Waals surface area contributed by atoms with E-state index in [2.05, 4.69) is 41.5 Å². The molecule has 0 saturated heterocycles. The van der Waals surface area contributed by atoms with Gasteiger partial charge in [0.25, 0.3) is 0 Å². The molecular weight excluding hydrogens is 248 g/mol. The van der Waals surface area contributed by atoms with Crippen LogP contribution in [0.25, 0.3) is 0 Å². The monoisotopic (exact) mass is 270 g/mol. The van der Waals surface area contributed by atoms with Gasteiger partial charge in [0, 0.05) is 31.5 Å². The van der Waals surface area contributed by atoms with E-state index in [1.165, 1.54) is 5.69 Å². The first-order chi connectivity index (χ1) is 9.66. The SMILES string of the molecule is CN(CCCNc1ccc(N)c(N)c1)c1ccccc1. The Labute approximate surface area is 120 Å². The molecule has 5 N–H and O–H groups in total. The fourth-order valence-corrected chi connectivity index (χ4v) is 2.05. The second-order valence-corrected chi connectivity index (χ2v) is 4.88. The number of benzene rings is 2. The summed E-state index contributed by atoms with van der Waals surface area (Å²) >= 11 is 0. The maximum Gasteiger partial charge on any atom is 0.0568 e. The summed E-state index contributed by atoms with van der Waals surface area (Å²) in [5.41, 5.74) is 15.0. The van der Waals surface area contributed by atoms with Crippen LogP contribution in [0.4, 0.5) is 22.7 Å². The summed E-state index contributed by atoms with van der Waals surface area (Å²) in [5.74, 6) is 0. The number of anilines is 4. The molecule has 0 bridgehead atoms. The van der Waals surface area contributed by atoms with Crippen LogP contribution in [0.1, 0.15) is 6.42 Å². The van der Waals surface area contributed by atoms with E-state index >= 15 is 0 Å². The Bertz CT molecular complexity index is 539. The van der Waals surface area contributed by atoms with E-state index in [1.54, 1.807) is 0 Å². The van der Waals surface area contributed by atoms with Crippen LogP contribution < -0.4 is 21.7 Å². The van der Waals surface area contributed by atoms with Crippen LogP contribution in [-0.4, -0.2) is 20.1 Å². The fourth-order valence-electron chi connectivity index (χ4n) is 2.05. The topological polar surface area (TPSA) is 67.3 Å². The van der Waals surface area contributed by atoms with Crippen molar-refractivity contribution in [3.8, 4) is 0 Å². The number of rotatable bonds is 6. The minimum absolute atomic E-state index is 0.622. The number of nitrogen functional groups attached to an aromatic ring is 2. The van der Waals surface area contributed by atoms with Crippen LogP contribution >= 0.6 is 0 Å². The van der Waals surface area contributed by atoms with Gasteiger partial charge < -0.3 is 21.7 Å². The molecule has 0 radical (unpaired) electrons. The Hall–Kier alpha value is -2.36. The molecule has 4 nitrogen and oxygen atoms in total. The van der Waals surface area contributed by atoms with Gasteiger partial charge in [-0.3, -0.25) is 0 Å². The number of nitrogens with two attached hydrogens (primary N) is 2. The molecule has 0 heterocycles. The molecule has 2 aromatic rings. The highest BCUT2D eigenvalue weighted by molar-refractivity contribution is 5.69. The third-order valence-corrected chi connectivity index (χ3v) is 3.28. The van der Waals surface area contributed by atoms with Gasteiger partial charge in [-0.05, 0) is 36.8 Å². The molecular formula is C16H22N4. The second-order valence-electron chi connectivity index (χ2n) is 4.88. The predicted molar refractivity (Wildman–Crippen MR) is 88.1 cm³/mol. The lowest BCUT2D eigenvalue weighted by Crippen LogP contribution is -2.20. The zero-order chi connectivity index (χ0) is 14.4. The molecule has 0 spiro atoms. The molecule has 0 aliphatic carbocycles. The molecule has 0 aliphatic rings. The lowest BCUT2D eigenvalue weighted by atomic mass is 10.2. The van der Waals surface area contributed by atoms with Gasteiger partial charge in [-0.25, -0.2) is 0 Å². The van der Waals surface area contributed by atoms with Crippen molar-refractivity contribution in [3.05, 3.63) is 48.5 Å². The van der Waals surface area contributed by atoms with Gasteiger partial charge in [-0.2, -0.15) is 0 Å². The highest BCUT2D eigenvalue weighted by Crippen LogP contribution is 2.19. The van der Waals surface area contributed by atoms with Crippen molar-refractivity contribution in [1.29, 1.82) is 0 Å². The molecule has 0 fully saturated rings. The minimum Gasteiger partial charge on any atom is -0.397 e. The van der Waals surface area contributed by atoms with Gasteiger partial charge in [-0.1, -0.05) is 18.2 Å². The number of hydrogen-bond acceptors (Lipinski definition) is 4. The first-order valence-electron chi connectivity index (χ1n) is 6.82. The first kappa shape index (κ1) is 14.1. The van der Waals surface area contributed by atoms with E-state index in [-0.39, 0.29) is 0 Å². The van der Waals surface area contributed by atoms with Gasteiger partial charge in [0.2, 0.25) is 0 Å². The van der Waals surface area contributed by atoms with Gasteiger partial charge in [0.05, 0.1) is 11.4 Å². The van der Waals surface area contributed by atoms with Crippen molar-refractivity contribution in [3.63, 3.8) is 0 Å². The van der Waals surface area contributed by atoms with Gasteiger partial charge in [-0.15, -0.1) is 0 Å². The van der Waals surface area contributed by atoms with Crippen LogP contribution in [0, 0.1) is 0 Å². The Balaban J connectivity index is 1.75. The highest BCUT2D eigenvalue weighted by Gasteiger charge is 2.00. The number of nitrogens with one attached hydrogen (secondary N) is 1. The average Bonchev–Trinajstić information content (AvgIpc) is 2.48. The Morgan fingerprint density at radius 2 is 1.75 bits per heavy atom. The van der Waals surface area contributed by atoms with Crippen molar-refractivity contribution < 1.29 is 0 Å². The summed E-state index contributed by atoms with van der Waals surface area (Å²) in [7, 11) is 2.11. The predicted octanol–water partition coefficient (Wildman–Crippen LogP) is 2.79. The number of nitrogens with zero attached hydrogens (tertiary/aromatic N) is 1. The number of hydrogen-bond donors (Lipinski definition) is 3. The third-order valence-electron chi connectivity index (χ3n) is 3.28. The maximum absolute atomic E-state index is 5.78. The maximum atomic E-state index is 5.78. The van der Waals surface area contributed by atoms with Crippen LogP contribution in [0.2, 0.25) is 0 Å². The molecule has 0 aromatic heterocycles. The molecule has 0 unspecified atom stereocenters. The molecule has 0 saturated carbocycles. The van der Waals surface area contributed by atoms with E-state index < -0.39 is 0 Å². The molecule has 0 atom stereocenters. The summed E-state index contributed by atoms with van der Waals surface area (Å²) in [6.07, 6.45) is 1.05. The highest BCUT2D eigenvalue weighted by atomic mass is 15.1. The quantitative estimate of drug-likeness (QED) is 0.558. The van der Waals surface area contributed by atoms with E-state index in [4.69, 9.17) is 11.5 Å². The van der Waals surface area contributed by atoms with E-state index in [0.29, 0.717) is 11.4 Å². The zero-order valence-corrected chi connectivity index (χ0v) is 11.8. The number of para-hydroxylation sites is 1. The molecule has 20 heavy (non-hydrogen) atoms. The standard InChI is InChI=1S/C16H22N4/c1-20(14-6-3-2-4-7-14)11-5-10-19-13-8-9-15(17)16(18)12-13/h2-4,6-9,12,19H,5,10-11,17-18H2,1H3. The van der Waals surface area contributed by atoms with Crippen molar-refractivity contribution in [2.45, 2.75) is 6.42 Å². The first-order valence-corrected chi connectivity index (χ1v) is 6.82. The van der Waals surface area contributed by atoms with Crippen molar-refractivity contribution in [1.82, 2.24) is 0 Å². The summed E-state index contributed by atoms with van der Waals surface area (Å²) in [5, 5.41) is 3.36. The van der Waals surface area contributed by atoms with Gasteiger partial charge in [0.1, 0.15) is 0 Å². The minimum atomic E-state index is 0.622. The summed E-state index contributed by atoms with van der Waals surface area (Å²) in [4.78, 5) is 2.25. The van der Waals surface area contributed by atoms with Crippen LogP contribution in [0.3, 0.4) is 0 Å². The van der Waals surface area contributed by atoms with E-state index in [0.717, 1.165) is 25.2 Å². The molecule has 106 valence electrons. The third kappa shape index (κ3) is 3.82. The summed E-state index contributed by atoms with van der Waals surface area (Å²) in [6.45, 7) is 1.90. The molecule has 0 amide bonds. The van der Waals surface area contributed by atoms with Gasteiger partial charge in [0.15, 0.2) is 0 Å². The Morgan fingerprint density at radius 1 is 1.00 bits per heavy atom. The molecule has 2 aromatic carbocycles. The largest absolute Gasteiger partial charge is 0.397 e. The Morgan fingerprint density at radius 3 is 2.45 bits per heavy atom. The molecule has 2 rings (SSSR count).